The van der Waals surface area contributed by atoms with Crippen molar-refractivity contribution in [3.05, 3.63) is 45.4 Å². The summed E-state index contributed by atoms with van der Waals surface area (Å²) in [7, 11) is 1.78. The van der Waals surface area contributed by atoms with Gasteiger partial charge in [0.05, 0.1) is 13.2 Å². The number of thiazole rings is 1. The average molecular weight is 442 g/mol. The Morgan fingerprint density at radius 3 is 2.58 bits per heavy atom. The number of amides is 1. The van der Waals surface area contributed by atoms with Crippen molar-refractivity contribution in [2.45, 2.75) is 65.5 Å². The number of likely N-dealkylation sites (tertiary alicyclic amines) is 1. The van der Waals surface area contributed by atoms with Gasteiger partial charge in [-0.15, -0.1) is 11.3 Å². The Morgan fingerprint density at radius 2 is 1.97 bits per heavy atom. The van der Waals surface area contributed by atoms with Crippen LogP contribution >= 0.6 is 11.3 Å². The molecule has 1 aromatic heterocycles. The maximum absolute atomic E-state index is 12.7. The maximum atomic E-state index is 12.7. The summed E-state index contributed by atoms with van der Waals surface area (Å²) in [5.74, 6) is 1.54. The molecule has 31 heavy (non-hydrogen) atoms. The molecule has 1 fully saturated rings. The fourth-order valence-corrected chi connectivity index (χ4v) is 5.56. The number of carbonyl (C=O) groups is 1. The summed E-state index contributed by atoms with van der Waals surface area (Å²) in [6.45, 7) is 8.88. The van der Waals surface area contributed by atoms with E-state index in [2.05, 4.69) is 27.3 Å². The van der Waals surface area contributed by atoms with Crippen LogP contribution in [0.1, 0.15) is 67.8 Å². The molecule has 2 heterocycles. The zero-order chi connectivity index (χ0) is 22.0. The quantitative estimate of drug-likeness (QED) is 0.702. The summed E-state index contributed by atoms with van der Waals surface area (Å²) >= 11 is 1.64. The molecular weight excluding hydrogens is 406 g/mol. The van der Waals surface area contributed by atoms with Gasteiger partial charge in [-0.3, -0.25) is 9.69 Å². The third-order valence-corrected chi connectivity index (χ3v) is 7.54. The zero-order valence-corrected chi connectivity index (χ0v) is 20.1. The van der Waals surface area contributed by atoms with Gasteiger partial charge in [-0.05, 0) is 68.3 Å². The number of nitrogens with zero attached hydrogens (tertiary/aromatic N) is 2. The molecule has 0 saturated carbocycles. The molecule has 0 spiro atoms. The highest BCUT2D eigenvalue weighted by molar-refractivity contribution is 7.09. The highest BCUT2D eigenvalue weighted by Gasteiger charge is 2.33. The first-order valence-corrected chi connectivity index (χ1v) is 12.3. The molecule has 1 unspecified atom stereocenters. The smallest absolute Gasteiger partial charge is 0.225 e. The van der Waals surface area contributed by atoms with Crippen molar-refractivity contribution in [3.63, 3.8) is 0 Å². The highest BCUT2D eigenvalue weighted by atomic mass is 32.1. The molecule has 1 aliphatic carbocycles. The number of nitrogens with one attached hydrogen (secondary N) is 1. The first-order valence-electron chi connectivity index (χ1n) is 11.5. The van der Waals surface area contributed by atoms with Crippen LogP contribution in [0.15, 0.2) is 23.7 Å². The minimum Gasteiger partial charge on any atom is -0.496 e. The van der Waals surface area contributed by atoms with E-state index in [0.29, 0.717) is 5.92 Å². The number of aryl methyl sites for hydroxylation is 2. The molecule has 6 heteroatoms. The highest BCUT2D eigenvalue weighted by Crippen LogP contribution is 2.35. The van der Waals surface area contributed by atoms with E-state index in [4.69, 9.17) is 4.74 Å². The van der Waals surface area contributed by atoms with E-state index < -0.39 is 5.41 Å². The minimum atomic E-state index is -0.402. The Bertz CT molecular complexity index is 896. The van der Waals surface area contributed by atoms with Crippen molar-refractivity contribution in [1.82, 2.24) is 15.2 Å². The van der Waals surface area contributed by atoms with Crippen LogP contribution in [0.2, 0.25) is 0 Å². The average Bonchev–Trinajstić information content (AvgIpc) is 3.43. The Labute approximate surface area is 190 Å². The third kappa shape index (κ3) is 5.12. The van der Waals surface area contributed by atoms with E-state index >= 15 is 0 Å². The molecule has 1 N–H and O–H groups in total. The topological polar surface area (TPSA) is 54.5 Å². The first kappa shape index (κ1) is 22.3. The molecule has 1 aliphatic heterocycles. The van der Waals surface area contributed by atoms with E-state index in [9.17, 15) is 4.79 Å². The second kappa shape index (κ2) is 9.29. The van der Waals surface area contributed by atoms with Gasteiger partial charge in [0.15, 0.2) is 0 Å². The second-order valence-electron chi connectivity index (χ2n) is 9.97. The standard InChI is InChI=1S/C25H35N3O2S/c1-25(2,3)24(29)27-22(23-26-10-13-31-23)17-8-11-28(12-9-17)16-20-14-18-6-5-7-19(18)15-21(20)30-4/h10,13-15,17,22H,5-9,11-12,16H2,1-4H3,(H,27,29). The van der Waals surface area contributed by atoms with Crippen molar-refractivity contribution in [3.8, 4) is 5.75 Å². The molecule has 5 nitrogen and oxygen atoms in total. The number of methoxy groups -OCH3 is 1. The molecule has 0 bridgehead atoms. The van der Waals surface area contributed by atoms with Gasteiger partial charge in [-0.25, -0.2) is 4.98 Å². The molecule has 4 rings (SSSR count). The summed E-state index contributed by atoms with van der Waals surface area (Å²) in [6, 6.07) is 4.63. The van der Waals surface area contributed by atoms with Gasteiger partial charge in [-0.2, -0.15) is 0 Å². The van der Waals surface area contributed by atoms with Crippen LogP contribution in [0, 0.1) is 11.3 Å². The molecule has 2 aromatic rings. The largest absolute Gasteiger partial charge is 0.496 e. The van der Waals surface area contributed by atoms with E-state index in [1.807, 2.05) is 32.3 Å². The molecule has 1 saturated heterocycles. The van der Waals surface area contributed by atoms with Crippen LogP contribution in [0.4, 0.5) is 0 Å². The number of ether oxygens (including phenoxy) is 1. The number of carbonyl (C=O) groups excluding carboxylic acids is 1. The number of fused-ring (bicyclic) bond motifs is 1. The maximum Gasteiger partial charge on any atom is 0.225 e. The predicted molar refractivity (Wildman–Crippen MR) is 125 cm³/mol. The Hall–Kier alpha value is -1.92. The molecule has 2 aliphatic rings. The molecule has 168 valence electrons. The third-order valence-electron chi connectivity index (χ3n) is 6.68. The fourth-order valence-electron chi connectivity index (χ4n) is 4.78. The van der Waals surface area contributed by atoms with Crippen molar-refractivity contribution >= 4 is 17.2 Å². The Kier molecular flexibility index (Phi) is 6.68. The van der Waals surface area contributed by atoms with Crippen LogP contribution in [0.3, 0.4) is 0 Å². The summed E-state index contributed by atoms with van der Waals surface area (Å²) in [5, 5.41) is 6.34. The van der Waals surface area contributed by atoms with Crippen LogP contribution in [0.5, 0.6) is 5.75 Å². The second-order valence-corrected chi connectivity index (χ2v) is 10.9. The lowest BCUT2D eigenvalue weighted by molar-refractivity contribution is -0.129. The van der Waals surface area contributed by atoms with Gasteiger partial charge in [0.2, 0.25) is 5.91 Å². The Balaban J connectivity index is 1.42. The molecular formula is C25H35N3O2S. The van der Waals surface area contributed by atoms with Crippen LogP contribution in [-0.2, 0) is 24.2 Å². The van der Waals surface area contributed by atoms with Gasteiger partial charge in [0, 0.05) is 29.1 Å². The molecule has 1 aromatic carbocycles. The van der Waals surface area contributed by atoms with E-state index in [-0.39, 0.29) is 11.9 Å². The van der Waals surface area contributed by atoms with Crippen molar-refractivity contribution in [2.75, 3.05) is 20.2 Å². The van der Waals surface area contributed by atoms with Gasteiger partial charge in [0.25, 0.3) is 0 Å². The van der Waals surface area contributed by atoms with E-state index in [1.54, 1.807) is 18.4 Å². The molecule has 1 atom stereocenters. The minimum absolute atomic E-state index is 0.00315. The number of piperidine rings is 1. The lowest BCUT2D eigenvalue weighted by Gasteiger charge is -2.36. The Morgan fingerprint density at radius 1 is 1.26 bits per heavy atom. The van der Waals surface area contributed by atoms with Crippen LogP contribution < -0.4 is 10.1 Å². The van der Waals surface area contributed by atoms with Gasteiger partial charge in [0.1, 0.15) is 10.8 Å². The van der Waals surface area contributed by atoms with Crippen molar-refractivity contribution in [2.24, 2.45) is 11.3 Å². The summed E-state index contributed by atoms with van der Waals surface area (Å²) in [5.41, 5.74) is 3.86. The predicted octanol–water partition coefficient (Wildman–Crippen LogP) is 4.76. The lowest BCUT2D eigenvalue weighted by atomic mass is 9.87. The number of aromatic nitrogens is 1. The molecule has 0 radical (unpaired) electrons. The zero-order valence-electron chi connectivity index (χ0n) is 19.2. The van der Waals surface area contributed by atoms with Gasteiger partial charge >= 0.3 is 0 Å². The molecule has 1 amide bonds. The van der Waals surface area contributed by atoms with Crippen molar-refractivity contribution in [1.29, 1.82) is 0 Å². The normalized spacial score (nSPS) is 18.6. The van der Waals surface area contributed by atoms with Gasteiger partial charge in [-0.1, -0.05) is 26.8 Å². The number of hydrogen-bond acceptors (Lipinski definition) is 5. The lowest BCUT2D eigenvalue weighted by Crippen LogP contribution is -2.43. The number of benzene rings is 1. The monoisotopic (exact) mass is 441 g/mol. The summed E-state index contributed by atoms with van der Waals surface area (Å²) in [6.07, 6.45) is 7.58. The van der Waals surface area contributed by atoms with Gasteiger partial charge < -0.3 is 10.1 Å². The fraction of sp³-hybridized carbons (Fsp3) is 0.600. The van der Waals surface area contributed by atoms with E-state index in [0.717, 1.165) is 43.2 Å². The van der Waals surface area contributed by atoms with E-state index in [1.165, 1.54) is 36.0 Å². The SMILES string of the molecule is COc1cc2c(cc1CN1CCC(C(NC(=O)C(C)(C)C)c3nccs3)CC1)CCC2. The number of hydrogen-bond donors (Lipinski definition) is 1. The van der Waals surface area contributed by atoms with Crippen molar-refractivity contribution < 1.29 is 9.53 Å². The first-order chi connectivity index (χ1) is 14.8. The number of rotatable bonds is 6. The summed E-state index contributed by atoms with van der Waals surface area (Å²) < 4.78 is 5.71. The van der Waals surface area contributed by atoms with Crippen LogP contribution in [-0.4, -0.2) is 36.0 Å². The summed E-state index contributed by atoms with van der Waals surface area (Å²) in [4.78, 5) is 19.8. The van der Waals surface area contributed by atoms with Crippen LogP contribution in [0.25, 0.3) is 0 Å².